The van der Waals surface area contributed by atoms with Crippen molar-refractivity contribution in [3.63, 3.8) is 0 Å². The number of methoxy groups -OCH3 is 1. The van der Waals surface area contributed by atoms with Crippen LogP contribution in [-0.2, 0) is 19.6 Å². The summed E-state index contributed by atoms with van der Waals surface area (Å²) in [6.45, 7) is 2.97. The first-order valence-corrected chi connectivity index (χ1v) is 14.6. The van der Waals surface area contributed by atoms with Gasteiger partial charge in [0.1, 0.15) is 10.6 Å². The minimum atomic E-state index is -3.85. The lowest BCUT2D eigenvalue weighted by atomic mass is 9.78. The quantitative estimate of drug-likeness (QED) is 0.621. The molecule has 2 fully saturated rings. The molecule has 1 saturated heterocycles. The van der Waals surface area contributed by atoms with Gasteiger partial charge in [0, 0.05) is 45.2 Å². The van der Waals surface area contributed by atoms with E-state index in [1.54, 1.807) is 13.2 Å². The maximum Gasteiger partial charge on any atom is 0.244 e. The number of benzene rings is 1. The molecular formula is C26H41N3O6S. The molecular weight excluding hydrogens is 482 g/mol. The zero-order chi connectivity index (χ0) is 25.8. The number of likely N-dealkylation sites (tertiary alicyclic amines) is 1. The Labute approximate surface area is 215 Å². The number of carbonyl (C=O) groups excluding carboxylic acids is 1. The van der Waals surface area contributed by atoms with Gasteiger partial charge in [0.05, 0.1) is 25.7 Å². The van der Waals surface area contributed by atoms with Gasteiger partial charge >= 0.3 is 0 Å². The van der Waals surface area contributed by atoms with Crippen molar-refractivity contribution in [3.05, 3.63) is 23.8 Å². The molecule has 10 heteroatoms. The monoisotopic (exact) mass is 523 g/mol. The van der Waals surface area contributed by atoms with E-state index in [9.17, 15) is 18.3 Å². The molecule has 1 saturated carbocycles. The lowest BCUT2D eigenvalue weighted by Crippen LogP contribution is -2.51. The summed E-state index contributed by atoms with van der Waals surface area (Å²) in [6, 6.07) is 5.47. The topological polar surface area (TPSA) is 108 Å². The van der Waals surface area contributed by atoms with E-state index < -0.39 is 16.1 Å². The number of hydrogen-bond donors (Lipinski definition) is 2. The van der Waals surface area contributed by atoms with Gasteiger partial charge in [-0.2, -0.15) is 0 Å². The van der Waals surface area contributed by atoms with Crippen LogP contribution in [0.5, 0.6) is 5.75 Å². The van der Waals surface area contributed by atoms with E-state index in [2.05, 4.69) is 4.72 Å². The molecule has 2 N–H and O–H groups in total. The Hall–Kier alpha value is -1.72. The second-order valence-corrected chi connectivity index (χ2v) is 12.5. The first-order chi connectivity index (χ1) is 17.2. The van der Waals surface area contributed by atoms with Crippen molar-refractivity contribution in [2.45, 2.75) is 61.9 Å². The summed E-state index contributed by atoms with van der Waals surface area (Å²) in [5.41, 5.74) is 0.863. The largest absolute Gasteiger partial charge is 0.492 e. The molecule has 0 bridgehead atoms. The highest BCUT2D eigenvalue weighted by atomic mass is 32.2. The molecule has 1 spiro atoms. The van der Waals surface area contributed by atoms with Crippen LogP contribution in [0.3, 0.4) is 0 Å². The van der Waals surface area contributed by atoms with Gasteiger partial charge in [-0.15, -0.1) is 0 Å². The average molecular weight is 524 g/mol. The Bertz CT molecular complexity index is 1000. The summed E-state index contributed by atoms with van der Waals surface area (Å²) < 4.78 is 40.4. The Morgan fingerprint density at radius 2 is 1.97 bits per heavy atom. The minimum absolute atomic E-state index is 0.0642. The van der Waals surface area contributed by atoms with Crippen molar-refractivity contribution in [2.24, 2.45) is 5.41 Å². The van der Waals surface area contributed by atoms with Crippen molar-refractivity contribution in [1.29, 1.82) is 0 Å². The van der Waals surface area contributed by atoms with Crippen LogP contribution in [0.25, 0.3) is 0 Å². The van der Waals surface area contributed by atoms with Crippen LogP contribution in [0.4, 0.5) is 0 Å². The number of nitrogens with zero attached hydrogens (tertiary/aromatic N) is 2. The Kier molecular flexibility index (Phi) is 8.93. The highest BCUT2D eigenvalue weighted by molar-refractivity contribution is 7.89. The standard InChI is InChI=1S/C26H41N3O6S/c1-28-17-22(30)16-27-36(32,33)24-8-7-21(20-5-3-4-6-20)15-23(24)35-19-26(18-28)10-12-29(13-11-26)25(31)9-14-34-2/h7-8,15,20,22,27,30H,3-6,9-14,16-19H2,1-2H3. The molecule has 1 amide bonds. The third-order valence-corrected chi connectivity index (χ3v) is 9.41. The zero-order valence-corrected chi connectivity index (χ0v) is 22.4. The van der Waals surface area contributed by atoms with Gasteiger partial charge in [-0.05, 0) is 56.3 Å². The molecule has 3 aliphatic rings. The molecule has 1 unspecified atom stereocenters. The van der Waals surface area contributed by atoms with Crippen LogP contribution in [0.15, 0.2) is 23.1 Å². The van der Waals surface area contributed by atoms with E-state index >= 15 is 0 Å². The third kappa shape index (κ3) is 6.58. The van der Waals surface area contributed by atoms with Gasteiger partial charge in [0.25, 0.3) is 0 Å². The van der Waals surface area contributed by atoms with Crippen LogP contribution in [0.1, 0.15) is 56.4 Å². The minimum Gasteiger partial charge on any atom is -0.492 e. The zero-order valence-electron chi connectivity index (χ0n) is 21.6. The van der Waals surface area contributed by atoms with Gasteiger partial charge in [0.2, 0.25) is 15.9 Å². The first kappa shape index (κ1) is 27.3. The molecule has 0 aromatic heterocycles. The van der Waals surface area contributed by atoms with Gasteiger partial charge in [-0.1, -0.05) is 18.9 Å². The van der Waals surface area contributed by atoms with Crippen LogP contribution < -0.4 is 9.46 Å². The molecule has 36 heavy (non-hydrogen) atoms. The van der Waals surface area contributed by atoms with Crippen molar-refractivity contribution in [1.82, 2.24) is 14.5 Å². The fourth-order valence-electron chi connectivity index (χ4n) is 5.87. The Balaban J connectivity index is 1.60. The van der Waals surface area contributed by atoms with Crippen LogP contribution >= 0.6 is 0 Å². The predicted molar refractivity (Wildman–Crippen MR) is 137 cm³/mol. The number of β-amino-alcohol motifs (C(OH)–C–C–N with tert-alkyl or cyclic N) is 1. The molecule has 2 aliphatic heterocycles. The number of ether oxygens (including phenoxy) is 2. The van der Waals surface area contributed by atoms with Gasteiger partial charge in [-0.3, -0.25) is 4.79 Å². The normalized spacial score (nSPS) is 25.5. The summed E-state index contributed by atoms with van der Waals surface area (Å²) in [5, 5.41) is 10.6. The molecule has 1 atom stereocenters. The second-order valence-electron chi connectivity index (χ2n) is 10.8. The fourth-order valence-corrected chi connectivity index (χ4v) is 7.07. The molecule has 1 aromatic carbocycles. The van der Waals surface area contributed by atoms with E-state index in [0.29, 0.717) is 57.5 Å². The number of sulfonamides is 1. The molecule has 202 valence electrons. The molecule has 1 aromatic rings. The summed E-state index contributed by atoms with van der Waals surface area (Å²) in [5.74, 6) is 0.898. The number of likely N-dealkylation sites (N-methyl/N-ethyl adjacent to an activating group) is 1. The SMILES string of the molecule is COCCC(=O)N1CCC2(CC1)COc1cc(C3CCCC3)ccc1S(=O)(=O)NCC(O)CN(C)C2. The van der Waals surface area contributed by atoms with Crippen molar-refractivity contribution >= 4 is 15.9 Å². The van der Waals surface area contributed by atoms with Crippen molar-refractivity contribution < 1.29 is 27.8 Å². The lowest BCUT2D eigenvalue weighted by molar-refractivity contribution is -0.135. The van der Waals surface area contributed by atoms with E-state index in [1.165, 1.54) is 12.8 Å². The van der Waals surface area contributed by atoms with E-state index in [0.717, 1.165) is 31.2 Å². The number of aliphatic hydroxyl groups excluding tert-OH is 1. The van der Waals surface area contributed by atoms with Crippen molar-refractivity contribution in [3.8, 4) is 5.75 Å². The average Bonchev–Trinajstić information content (AvgIpc) is 3.40. The number of piperidine rings is 1. The van der Waals surface area contributed by atoms with E-state index in [4.69, 9.17) is 9.47 Å². The summed E-state index contributed by atoms with van der Waals surface area (Å²) in [4.78, 5) is 16.6. The molecule has 2 heterocycles. The van der Waals surface area contributed by atoms with E-state index in [-0.39, 0.29) is 22.8 Å². The Morgan fingerprint density at radius 3 is 2.67 bits per heavy atom. The molecule has 1 aliphatic carbocycles. The lowest BCUT2D eigenvalue weighted by Gasteiger charge is -2.44. The van der Waals surface area contributed by atoms with Crippen LogP contribution in [-0.4, -0.2) is 95.4 Å². The second kappa shape index (κ2) is 11.8. The van der Waals surface area contributed by atoms with Crippen LogP contribution in [0.2, 0.25) is 0 Å². The fraction of sp³-hybridized carbons (Fsp3) is 0.731. The summed E-state index contributed by atoms with van der Waals surface area (Å²) in [6.07, 6.45) is 5.62. The highest BCUT2D eigenvalue weighted by Gasteiger charge is 2.39. The van der Waals surface area contributed by atoms with Crippen LogP contribution in [0, 0.1) is 5.41 Å². The molecule has 9 nitrogen and oxygen atoms in total. The van der Waals surface area contributed by atoms with Gasteiger partial charge < -0.3 is 24.4 Å². The molecule has 0 radical (unpaired) electrons. The summed E-state index contributed by atoms with van der Waals surface area (Å²) in [7, 11) is -0.318. The number of carbonyl (C=O) groups is 1. The van der Waals surface area contributed by atoms with Crippen molar-refractivity contribution in [2.75, 3.05) is 60.1 Å². The smallest absolute Gasteiger partial charge is 0.244 e. The number of aliphatic hydroxyl groups is 1. The highest BCUT2D eigenvalue weighted by Crippen LogP contribution is 2.39. The number of hydrogen-bond acceptors (Lipinski definition) is 7. The van der Waals surface area contributed by atoms with Gasteiger partial charge in [-0.25, -0.2) is 13.1 Å². The predicted octanol–water partition coefficient (Wildman–Crippen LogP) is 1.95. The third-order valence-electron chi connectivity index (χ3n) is 7.95. The van der Waals surface area contributed by atoms with E-state index in [1.807, 2.05) is 29.0 Å². The number of rotatable bonds is 4. The maximum absolute atomic E-state index is 13.2. The first-order valence-electron chi connectivity index (χ1n) is 13.1. The number of nitrogens with one attached hydrogen (secondary N) is 1. The maximum atomic E-state index is 13.2. The number of fused-ring (bicyclic) bond motifs is 1. The summed E-state index contributed by atoms with van der Waals surface area (Å²) >= 11 is 0. The van der Waals surface area contributed by atoms with Gasteiger partial charge in [0.15, 0.2) is 0 Å². The molecule has 4 rings (SSSR count). The Morgan fingerprint density at radius 1 is 1.25 bits per heavy atom. The number of amides is 1.